The van der Waals surface area contributed by atoms with E-state index in [1.807, 2.05) is 20.8 Å². The lowest BCUT2D eigenvalue weighted by molar-refractivity contribution is -0.165. The van der Waals surface area contributed by atoms with Gasteiger partial charge in [-0.3, -0.25) is 14.9 Å². The van der Waals surface area contributed by atoms with Gasteiger partial charge in [0, 0.05) is 10.3 Å². The van der Waals surface area contributed by atoms with Crippen molar-refractivity contribution >= 4 is 28.3 Å². The van der Waals surface area contributed by atoms with E-state index in [1.54, 1.807) is 11.3 Å². The number of thiazole rings is 1. The Balaban J connectivity index is 1.62. The van der Waals surface area contributed by atoms with Crippen LogP contribution in [0.25, 0.3) is 0 Å². The van der Waals surface area contributed by atoms with Crippen molar-refractivity contribution in [1.29, 1.82) is 0 Å². The molecule has 1 aromatic heterocycles. The summed E-state index contributed by atoms with van der Waals surface area (Å²) >= 11 is 1.56. The lowest BCUT2D eigenvalue weighted by atomic mass is 9.66. The average molecular weight is 334 g/mol. The van der Waals surface area contributed by atoms with E-state index in [1.165, 1.54) is 11.3 Å². The molecule has 1 saturated heterocycles. The van der Waals surface area contributed by atoms with Gasteiger partial charge in [-0.25, -0.2) is 4.98 Å². The van der Waals surface area contributed by atoms with Crippen LogP contribution >= 0.6 is 11.3 Å². The van der Waals surface area contributed by atoms with Crippen LogP contribution < -0.4 is 5.32 Å². The maximum atomic E-state index is 13.0. The van der Waals surface area contributed by atoms with E-state index in [-0.39, 0.29) is 11.9 Å². The summed E-state index contributed by atoms with van der Waals surface area (Å²) in [6.07, 6.45) is 5.67. The number of ether oxygens (including phenoxy) is 1. The number of esters is 1. The van der Waals surface area contributed by atoms with E-state index in [9.17, 15) is 9.59 Å². The summed E-state index contributed by atoms with van der Waals surface area (Å²) in [5.74, 6) is -0.467. The first-order valence-electron chi connectivity index (χ1n) is 8.34. The average Bonchev–Trinajstić information content (AvgIpc) is 3.04. The number of hydrogen-bond donors (Lipinski definition) is 1. The molecule has 0 spiro atoms. The van der Waals surface area contributed by atoms with Gasteiger partial charge in [0.05, 0.1) is 11.1 Å². The predicted octanol–water partition coefficient (Wildman–Crippen LogP) is 3.08. The van der Waals surface area contributed by atoms with Crippen LogP contribution in [0.5, 0.6) is 0 Å². The second-order valence-corrected chi connectivity index (χ2v) is 8.81. The Labute approximate surface area is 139 Å². The minimum Gasteiger partial charge on any atom is -0.448 e. The second-order valence-electron chi connectivity index (χ2n) is 7.72. The lowest BCUT2D eigenvalue weighted by Crippen LogP contribution is -2.50. The van der Waals surface area contributed by atoms with Crippen LogP contribution in [0.1, 0.15) is 57.0 Å². The van der Waals surface area contributed by atoms with Crippen molar-refractivity contribution in [2.75, 3.05) is 5.32 Å². The zero-order chi connectivity index (χ0) is 16.5. The van der Waals surface area contributed by atoms with Gasteiger partial charge in [0.15, 0.2) is 10.7 Å². The normalized spacial score (nSPS) is 34.1. The van der Waals surface area contributed by atoms with E-state index in [0.29, 0.717) is 18.0 Å². The standard InChI is InChI=1S/C17H22N2O3S/c1-15(2)16(3)8-9-17(15,22-13(16)21)12(20)19-14-18-10-6-4-5-7-11(10)23-14/h4-9H2,1-3H3,(H,18,19,20)/t16-,17+/m0/s1. The third-order valence-corrected chi connectivity index (χ3v) is 7.59. The van der Waals surface area contributed by atoms with Gasteiger partial charge >= 0.3 is 5.97 Å². The SMILES string of the molecule is CC1(C)[C@@]2(C)CC[C@]1(C(=O)Nc1nc3c(s1)CCCC3)OC2=O. The molecule has 124 valence electrons. The van der Waals surface area contributed by atoms with E-state index >= 15 is 0 Å². The van der Waals surface area contributed by atoms with Crippen LogP contribution in [0.3, 0.4) is 0 Å². The first-order valence-corrected chi connectivity index (χ1v) is 9.15. The Morgan fingerprint density at radius 1 is 1.22 bits per heavy atom. The lowest BCUT2D eigenvalue weighted by Gasteiger charge is -2.35. The molecule has 0 radical (unpaired) electrons. The number of aryl methyl sites for hydroxylation is 2. The summed E-state index contributed by atoms with van der Waals surface area (Å²) in [6, 6.07) is 0. The summed E-state index contributed by atoms with van der Waals surface area (Å²) in [4.78, 5) is 31.1. The number of hydrogen-bond acceptors (Lipinski definition) is 5. The number of carbonyl (C=O) groups is 2. The monoisotopic (exact) mass is 334 g/mol. The third kappa shape index (κ3) is 1.76. The maximum Gasteiger partial charge on any atom is 0.313 e. The first kappa shape index (κ1) is 15.1. The van der Waals surface area contributed by atoms with Crippen LogP contribution in [-0.2, 0) is 27.2 Å². The summed E-state index contributed by atoms with van der Waals surface area (Å²) in [7, 11) is 0. The van der Waals surface area contributed by atoms with Gasteiger partial charge < -0.3 is 4.74 Å². The molecule has 1 N–H and O–H groups in total. The molecule has 1 amide bonds. The number of amides is 1. The molecule has 2 atom stereocenters. The van der Waals surface area contributed by atoms with E-state index in [0.717, 1.165) is 25.0 Å². The van der Waals surface area contributed by atoms with Crippen molar-refractivity contribution in [2.45, 2.75) is 64.9 Å². The van der Waals surface area contributed by atoms with Crippen molar-refractivity contribution < 1.29 is 14.3 Å². The van der Waals surface area contributed by atoms with Crippen LogP contribution in [-0.4, -0.2) is 22.5 Å². The van der Waals surface area contributed by atoms with Crippen molar-refractivity contribution in [3.8, 4) is 0 Å². The molecular weight excluding hydrogens is 312 g/mol. The van der Waals surface area contributed by atoms with Crippen molar-refractivity contribution in [1.82, 2.24) is 4.98 Å². The van der Waals surface area contributed by atoms with Crippen LogP contribution in [0.4, 0.5) is 5.13 Å². The number of fused-ring (bicyclic) bond motifs is 3. The topological polar surface area (TPSA) is 68.3 Å². The van der Waals surface area contributed by atoms with Gasteiger partial charge in [-0.15, -0.1) is 11.3 Å². The van der Waals surface area contributed by atoms with E-state index in [4.69, 9.17) is 4.74 Å². The molecule has 2 bridgehead atoms. The Morgan fingerprint density at radius 2 is 1.96 bits per heavy atom. The zero-order valence-electron chi connectivity index (χ0n) is 13.8. The Hall–Kier alpha value is -1.43. The van der Waals surface area contributed by atoms with Gasteiger partial charge in [0.1, 0.15) is 0 Å². The molecule has 2 fully saturated rings. The molecule has 2 heterocycles. The molecule has 1 aromatic rings. The third-order valence-electron chi connectivity index (χ3n) is 6.52. The minimum absolute atomic E-state index is 0.219. The molecular formula is C17H22N2O3S. The highest BCUT2D eigenvalue weighted by molar-refractivity contribution is 7.15. The number of aromatic nitrogens is 1. The fraction of sp³-hybridized carbons (Fsp3) is 0.706. The minimum atomic E-state index is -1.06. The first-order chi connectivity index (χ1) is 10.8. The Kier molecular flexibility index (Phi) is 3.00. The zero-order valence-corrected chi connectivity index (χ0v) is 14.6. The Morgan fingerprint density at radius 3 is 2.57 bits per heavy atom. The predicted molar refractivity (Wildman–Crippen MR) is 87.3 cm³/mol. The van der Waals surface area contributed by atoms with Gasteiger partial charge in [0.2, 0.25) is 0 Å². The van der Waals surface area contributed by atoms with Crippen molar-refractivity contribution in [2.24, 2.45) is 10.8 Å². The summed E-state index contributed by atoms with van der Waals surface area (Å²) < 4.78 is 5.63. The van der Waals surface area contributed by atoms with Gasteiger partial charge in [-0.2, -0.15) is 0 Å². The highest BCUT2D eigenvalue weighted by atomic mass is 32.1. The second kappa shape index (κ2) is 4.56. The maximum absolute atomic E-state index is 13.0. The highest BCUT2D eigenvalue weighted by Crippen LogP contribution is 2.65. The van der Waals surface area contributed by atoms with Gasteiger partial charge in [-0.1, -0.05) is 13.8 Å². The number of nitrogens with zero attached hydrogens (tertiary/aromatic N) is 1. The van der Waals surface area contributed by atoms with Crippen LogP contribution in [0.15, 0.2) is 0 Å². The van der Waals surface area contributed by atoms with Crippen molar-refractivity contribution in [3.05, 3.63) is 10.6 Å². The molecule has 1 saturated carbocycles. The summed E-state index contributed by atoms with van der Waals surface area (Å²) in [5, 5.41) is 3.59. The summed E-state index contributed by atoms with van der Waals surface area (Å²) in [6.45, 7) is 5.86. The van der Waals surface area contributed by atoms with Gasteiger partial charge in [-0.05, 0) is 45.4 Å². The molecule has 5 nitrogen and oxygen atoms in total. The fourth-order valence-corrected chi connectivity index (χ4v) is 5.40. The molecule has 3 aliphatic rings. The van der Waals surface area contributed by atoms with Gasteiger partial charge in [0.25, 0.3) is 5.91 Å². The molecule has 6 heteroatoms. The molecule has 1 aliphatic heterocycles. The quantitative estimate of drug-likeness (QED) is 0.844. The molecule has 23 heavy (non-hydrogen) atoms. The van der Waals surface area contributed by atoms with Crippen LogP contribution in [0.2, 0.25) is 0 Å². The van der Waals surface area contributed by atoms with Crippen molar-refractivity contribution in [3.63, 3.8) is 0 Å². The van der Waals surface area contributed by atoms with E-state index in [2.05, 4.69) is 10.3 Å². The number of nitrogens with one attached hydrogen (secondary N) is 1. The number of anilines is 1. The Bertz CT molecular complexity index is 687. The fourth-order valence-electron chi connectivity index (χ4n) is 4.35. The smallest absolute Gasteiger partial charge is 0.313 e. The largest absolute Gasteiger partial charge is 0.448 e. The molecule has 0 unspecified atom stereocenters. The number of rotatable bonds is 2. The van der Waals surface area contributed by atoms with Crippen LogP contribution in [0, 0.1) is 10.8 Å². The highest BCUT2D eigenvalue weighted by Gasteiger charge is 2.75. The van der Waals surface area contributed by atoms with E-state index < -0.39 is 16.4 Å². The molecule has 0 aromatic carbocycles. The molecule has 2 aliphatic carbocycles. The molecule has 4 rings (SSSR count). The summed E-state index contributed by atoms with van der Waals surface area (Å²) in [5.41, 5.74) is -1.04. The number of carbonyl (C=O) groups excluding carboxylic acids is 2.